The second-order valence-corrected chi connectivity index (χ2v) is 28.7. The Morgan fingerprint density at radius 1 is 0.358 bits per heavy atom. The molecule has 0 amide bonds. The molecule has 0 aliphatic carbocycles. The number of hydrogen-bond acceptors (Lipinski definition) is 35. The molecule has 2 fully saturated rings. The highest BCUT2D eigenvalue weighted by Gasteiger charge is 2.56. The molecule has 2 heterocycles. The summed E-state index contributed by atoms with van der Waals surface area (Å²) in [4.78, 5) is 0. The van der Waals surface area contributed by atoms with Crippen molar-refractivity contribution in [2.75, 3.05) is 119 Å². The van der Waals surface area contributed by atoms with Gasteiger partial charge in [-0.25, -0.2) is 18.3 Å². The minimum Gasteiger partial charge on any atom is -0.393 e. The Bertz CT molecular complexity index is 2290. The van der Waals surface area contributed by atoms with E-state index in [-0.39, 0.29) is 52.9 Å². The van der Waals surface area contributed by atoms with Crippen molar-refractivity contribution in [3.05, 3.63) is 0 Å². The van der Waals surface area contributed by atoms with E-state index in [2.05, 4.69) is 0 Å². The fourth-order valence-corrected chi connectivity index (χ4v) is 11.4. The summed E-state index contributed by atoms with van der Waals surface area (Å²) in [6.45, 7) is 16.9. The fourth-order valence-electron chi connectivity index (χ4n) is 10.9. The number of unbranched alkanes of at least 4 members (excludes halogenated alkanes) is 8. The molecule has 10 N–H and O–H groups in total. The van der Waals surface area contributed by atoms with E-state index in [0.29, 0.717) is 96.9 Å². The first-order valence-corrected chi connectivity index (χ1v) is 41.6. The summed E-state index contributed by atoms with van der Waals surface area (Å²) in [5, 5.41) is 112. The van der Waals surface area contributed by atoms with Gasteiger partial charge in [0.25, 0.3) is 0 Å². The van der Waals surface area contributed by atoms with Crippen LogP contribution in [0.5, 0.6) is 0 Å². The van der Waals surface area contributed by atoms with E-state index in [1.165, 1.54) is 20.8 Å². The van der Waals surface area contributed by atoms with Gasteiger partial charge in [-0.2, -0.15) is 0 Å². The number of aliphatic hydroxyl groups excluding tert-OH is 10. The topological polar surface area (TPSA) is 464 Å². The third kappa shape index (κ3) is 41.5. The van der Waals surface area contributed by atoms with Crippen LogP contribution in [0.15, 0.2) is 0 Å². The van der Waals surface area contributed by atoms with Crippen molar-refractivity contribution in [1.29, 1.82) is 0 Å². The smallest absolute Gasteiger partial charge is 0.393 e. The zero-order valence-corrected chi connectivity index (χ0v) is 68.4. The lowest BCUT2D eigenvalue weighted by atomic mass is 9.95. The molecule has 2 saturated heterocycles. The van der Waals surface area contributed by atoms with Gasteiger partial charge < -0.3 is 141 Å². The van der Waals surface area contributed by atoms with Crippen molar-refractivity contribution in [3.63, 3.8) is 0 Å². The maximum atomic E-state index is 12.4. The van der Waals surface area contributed by atoms with Gasteiger partial charge >= 0.3 is 15.8 Å². The zero-order valence-electron chi connectivity index (χ0n) is 66.6. The highest BCUT2D eigenvalue weighted by Crippen LogP contribution is 2.37. The van der Waals surface area contributed by atoms with Gasteiger partial charge in [0.15, 0.2) is 37.7 Å². The van der Waals surface area contributed by atoms with E-state index in [9.17, 15) is 69.3 Å². The van der Waals surface area contributed by atoms with Gasteiger partial charge in [0.2, 0.25) is 0 Å². The van der Waals surface area contributed by atoms with E-state index in [4.69, 9.17) is 99.0 Å². The molecule has 0 aromatic carbocycles. The molecular formula is C72H140O35P2. The van der Waals surface area contributed by atoms with Gasteiger partial charge in [0.1, 0.15) is 97.7 Å². The molecule has 26 atom stereocenters. The van der Waals surface area contributed by atoms with E-state index in [1.54, 1.807) is 6.92 Å². The number of hydrogen-bond donors (Lipinski definition) is 10. The fraction of sp³-hybridized carbons (Fsp3) is 1.00. The van der Waals surface area contributed by atoms with Crippen molar-refractivity contribution in [1.82, 2.24) is 0 Å². The molecule has 35 nitrogen and oxygen atoms in total. The molecule has 8 unspecified atom stereocenters. The van der Waals surface area contributed by atoms with Gasteiger partial charge in [0.05, 0.1) is 90.5 Å². The SMILES string of the molecule is CCCCOCC1O[C@H](OC2[C@H](OCCCC)C(CO[C@@H](OC(CO[C@@H](OC(COCCCC)[C@H](C)OCCCC)[C@@H](COCCCC)O[C@@H](OC(COP(=O)=O)[C@H](C)O)[C@H](O)CO)[C@H](C)O)[C@H](O)CO)O[C@@H](O)[C@@H]2OCCCC)[C@H](O[C@@H](OC(COP(=O)=O)[C@H](C)O)[C@H](O)CO)C(OCCCC)[C@@H]1OCCCC. The number of ether oxygens (including phenoxy) is 19. The molecule has 37 heteroatoms. The summed E-state index contributed by atoms with van der Waals surface area (Å²) in [6, 6.07) is 0. The van der Waals surface area contributed by atoms with Crippen LogP contribution in [0.1, 0.15) is 186 Å². The average molecular weight is 1630 g/mol. The minimum absolute atomic E-state index is 0.0450. The molecule has 2 aliphatic rings. The standard InChI is InChI=1S/C72H140O35P2/c1-13-21-29-87-40-57(50(12)90-32-24-16-4)103-71(60(42-89-31-23-15-3)105-69(52(80)38-74)101-55(48(10)77)45-97-108(83)84)96-43-54(47(9)76)100-68(51(79)37-73)95-44-59-62(92-34-26-18-6)64(65(67(82)99-59)94-36-28-20-8)106-72-66(107-70(53(81)39-75)102-56(49(11)78)46-98-109(85)86)63(93-35-27-19-7)61(91-33-25-17-5)58(104-72)41-88-30-22-14-2/h47-82H,13-46H2,1-12H3/t47-,48-,49-,50-,51+,52+,53+,54?,55?,56?,57?,58?,59?,60+,61+,62+,63?,64?,65+,66+,67+,68-,69+,70+,71-,72+/m0/s1. The van der Waals surface area contributed by atoms with Gasteiger partial charge in [-0.15, -0.1) is 0 Å². The number of aliphatic hydroxyl groups is 10. The van der Waals surface area contributed by atoms with Crippen molar-refractivity contribution < 1.29 is 168 Å². The van der Waals surface area contributed by atoms with E-state index in [0.717, 1.165) is 25.7 Å². The Morgan fingerprint density at radius 2 is 0.743 bits per heavy atom. The van der Waals surface area contributed by atoms with Crippen LogP contribution in [0.3, 0.4) is 0 Å². The summed E-state index contributed by atoms with van der Waals surface area (Å²) in [6.07, 6.45) is -28.1. The highest BCUT2D eigenvalue weighted by atomic mass is 31.1. The first-order chi connectivity index (χ1) is 52.4. The van der Waals surface area contributed by atoms with Gasteiger partial charge in [0, 0.05) is 52.9 Å². The van der Waals surface area contributed by atoms with Gasteiger partial charge in [-0.3, -0.25) is 9.05 Å². The maximum absolute atomic E-state index is 12.4. The average Bonchev–Trinajstić information content (AvgIpc) is 0.766. The summed E-state index contributed by atoms with van der Waals surface area (Å²) in [5.74, 6) is 0. The van der Waals surface area contributed by atoms with Crippen molar-refractivity contribution in [2.24, 2.45) is 0 Å². The molecule has 0 aromatic rings. The molecule has 0 saturated carbocycles. The Morgan fingerprint density at radius 3 is 1.23 bits per heavy atom. The van der Waals surface area contributed by atoms with Crippen LogP contribution in [0.4, 0.5) is 0 Å². The Balaban J connectivity index is 3.04. The molecule has 2 rings (SSSR count). The summed E-state index contributed by atoms with van der Waals surface area (Å²) < 4.78 is 179. The summed E-state index contributed by atoms with van der Waals surface area (Å²) in [7, 11) is -6.87. The summed E-state index contributed by atoms with van der Waals surface area (Å²) in [5.41, 5.74) is 0. The van der Waals surface area contributed by atoms with Crippen LogP contribution in [0.25, 0.3) is 0 Å². The summed E-state index contributed by atoms with van der Waals surface area (Å²) >= 11 is 0. The lowest BCUT2D eigenvalue weighted by Gasteiger charge is -2.50. The molecule has 2 aliphatic heterocycles. The lowest BCUT2D eigenvalue weighted by Crippen LogP contribution is -2.67. The van der Waals surface area contributed by atoms with Crippen molar-refractivity contribution >= 4 is 15.8 Å². The number of rotatable bonds is 72. The van der Waals surface area contributed by atoms with Gasteiger partial charge in [-0.1, -0.05) is 107 Å². The van der Waals surface area contributed by atoms with Crippen LogP contribution in [0, 0.1) is 0 Å². The molecule has 0 radical (unpaired) electrons. The molecule has 0 aromatic heterocycles. The lowest BCUT2D eigenvalue weighted by molar-refractivity contribution is -0.389. The second-order valence-electron chi connectivity index (χ2n) is 27.3. The Hall–Kier alpha value is -1.44. The monoisotopic (exact) mass is 1630 g/mol. The Kier molecular flexibility index (Phi) is 59.7. The molecule has 109 heavy (non-hydrogen) atoms. The largest absolute Gasteiger partial charge is 0.468 e. The molecule has 0 bridgehead atoms. The highest BCUT2D eigenvalue weighted by molar-refractivity contribution is 7.24. The normalized spacial score (nSPS) is 25.1. The Labute approximate surface area is 646 Å². The molecular weight excluding hydrogens is 1490 g/mol. The predicted octanol–water partition coefficient (Wildman–Crippen LogP) is 5.27. The maximum Gasteiger partial charge on any atom is 0.468 e. The second kappa shape index (κ2) is 62.7. The van der Waals surface area contributed by atoms with Crippen LogP contribution in [0.2, 0.25) is 0 Å². The quantitative estimate of drug-likeness (QED) is 0.0211. The first kappa shape index (κ1) is 104. The predicted molar refractivity (Wildman–Crippen MR) is 390 cm³/mol. The first-order valence-electron chi connectivity index (χ1n) is 39.5. The third-order valence-corrected chi connectivity index (χ3v) is 18.4. The van der Waals surface area contributed by atoms with E-state index < -0.39 is 222 Å². The molecule has 0 spiro atoms. The van der Waals surface area contributed by atoms with E-state index >= 15 is 0 Å². The van der Waals surface area contributed by atoms with Crippen LogP contribution in [-0.2, 0) is 117 Å². The van der Waals surface area contributed by atoms with Crippen LogP contribution < -0.4 is 0 Å². The minimum atomic E-state index is -3.44. The third-order valence-electron chi connectivity index (χ3n) is 17.7. The van der Waals surface area contributed by atoms with Crippen molar-refractivity contribution in [3.8, 4) is 0 Å². The zero-order chi connectivity index (χ0) is 81.1. The van der Waals surface area contributed by atoms with E-state index in [1.807, 2.05) is 55.4 Å². The van der Waals surface area contributed by atoms with Crippen LogP contribution >= 0.6 is 15.8 Å². The molecule has 648 valence electrons. The van der Waals surface area contributed by atoms with Gasteiger partial charge in [-0.05, 0) is 79.1 Å². The van der Waals surface area contributed by atoms with Crippen molar-refractivity contribution in [2.45, 2.75) is 346 Å². The van der Waals surface area contributed by atoms with Crippen LogP contribution in [-0.4, -0.2) is 330 Å².